The summed E-state index contributed by atoms with van der Waals surface area (Å²) < 4.78 is 24.7. The van der Waals surface area contributed by atoms with E-state index in [1.165, 1.54) is 6.26 Å². The van der Waals surface area contributed by atoms with Gasteiger partial charge in [0.25, 0.3) is 0 Å². The van der Waals surface area contributed by atoms with Crippen LogP contribution in [0.1, 0.15) is 6.42 Å². The first-order valence-corrected chi connectivity index (χ1v) is 7.08. The van der Waals surface area contributed by atoms with Gasteiger partial charge in [-0.2, -0.15) is 4.31 Å². The van der Waals surface area contributed by atoms with Gasteiger partial charge in [-0.3, -0.25) is 0 Å². The molecule has 1 aliphatic rings. The molecule has 0 aromatic rings. The molecule has 0 unspecified atom stereocenters. The largest absolute Gasteiger partial charge is 0.313 e. The van der Waals surface area contributed by atoms with Crippen molar-refractivity contribution in [2.75, 3.05) is 46.5 Å². The predicted octanol–water partition coefficient (Wildman–Crippen LogP) is -0.828. The standard InChI is InChI=1S/C9H21N3O2S/c1-11(2)5-4-6-12(15(3,13)14)9-7-10-8-9/h9-10H,4-8H2,1-3H3. The highest BCUT2D eigenvalue weighted by molar-refractivity contribution is 7.88. The lowest BCUT2D eigenvalue weighted by molar-refractivity contribution is 0.233. The topological polar surface area (TPSA) is 52.6 Å². The zero-order valence-electron chi connectivity index (χ0n) is 9.73. The van der Waals surface area contributed by atoms with Crippen LogP contribution in [0.3, 0.4) is 0 Å². The van der Waals surface area contributed by atoms with Crippen molar-refractivity contribution in [3.8, 4) is 0 Å². The Morgan fingerprint density at radius 1 is 1.27 bits per heavy atom. The summed E-state index contributed by atoms with van der Waals surface area (Å²) >= 11 is 0. The van der Waals surface area contributed by atoms with Crippen molar-refractivity contribution in [3.63, 3.8) is 0 Å². The fourth-order valence-corrected chi connectivity index (χ4v) is 2.79. The lowest BCUT2D eigenvalue weighted by atomic mass is 10.2. The lowest BCUT2D eigenvalue weighted by Crippen LogP contribution is -2.58. The Morgan fingerprint density at radius 3 is 2.20 bits per heavy atom. The minimum atomic E-state index is -3.05. The smallest absolute Gasteiger partial charge is 0.211 e. The average molecular weight is 235 g/mol. The van der Waals surface area contributed by atoms with Crippen LogP contribution in [-0.4, -0.2) is 70.2 Å². The molecule has 0 aromatic carbocycles. The summed E-state index contributed by atoms with van der Waals surface area (Å²) in [5.74, 6) is 0. The highest BCUT2D eigenvalue weighted by atomic mass is 32.2. The maximum atomic E-state index is 11.5. The van der Waals surface area contributed by atoms with Gasteiger partial charge in [-0.25, -0.2) is 8.42 Å². The van der Waals surface area contributed by atoms with Crippen LogP contribution in [-0.2, 0) is 10.0 Å². The van der Waals surface area contributed by atoms with Crippen molar-refractivity contribution in [2.45, 2.75) is 12.5 Å². The number of hydrogen-bond donors (Lipinski definition) is 1. The van der Waals surface area contributed by atoms with Crippen LogP contribution < -0.4 is 5.32 Å². The van der Waals surface area contributed by atoms with E-state index >= 15 is 0 Å². The van der Waals surface area contributed by atoms with Crippen LogP contribution in [0.5, 0.6) is 0 Å². The Kier molecular flexibility index (Phi) is 4.51. The van der Waals surface area contributed by atoms with E-state index in [1.54, 1.807) is 4.31 Å². The monoisotopic (exact) mass is 235 g/mol. The highest BCUT2D eigenvalue weighted by Crippen LogP contribution is 2.10. The van der Waals surface area contributed by atoms with E-state index < -0.39 is 10.0 Å². The van der Waals surface area contributed by atoms with Gasteiger partial charge < -0.3 is 10.2 Å². The predicted molar refractivity (Wildman–Crippen MR) is 61.4 cm³/mol. The maximum absolute atomic E-state index is 11.5. The molecule has 1 fully saturated rings. The second-order valence-corrected chi connectivity index (χ2v) is 6.28. The van der Waals surface area contributed by atoms with Crippen LogP contribution in [0.25, 0.3) is 0 Å². The fraction of sp³-hybridized carbons (Fsp3) is 1.00. The van der Waals surface area contributed by atoms with E-state index in [-0.39, 0.29) is 6.04 Å². The molecule has 1 rings (SSSR count). The third-order valence-electron chi connectivity index (χ3n) is 2.58. The van der Waals surface area contributed by atoms with Crippen LogP contribution in [0.15, 0.2) is 0 Å². The molecule has 1 heterocycles. The third-order valence-corrected chi connectivity index (χ3v) is 3.91. The Balaban J connectivity index is 2.43. The van der Waals surface area contributed by atoms with Crippen molar-refractivity contribution in [3.05, 3.63) is 0 Å². The van der Waals surface area contributed by atoms with Gasteiger partial charge in [0.2, 0.25) is 10.0 Å². The van der Waals surface area contributed by atoms with Crippen molar-refractivity contribution in [1.82, 2.24) is 14.5 Å². The Bertz CT molecular complexity index is 286. The summed E-state index contributed by atoms with van der Waals surface area (Å²) in [5.41, 5.74) is 0. The molecule has 90 valence electrons. The van der Waals surface area contributed by atoms with E-state index in [2.05, 4.69) is 10.2 Å². The van der Waals surface area contributed by atoms with Crippen molar-refractivity contribution >= 4 is 10.0 Å². The Labute approximate surface area is 92.5 Å². The average Bonchev–Trinajstić information content (AvgIpc) is 1.96. The molecule has 0 spiro atoms. The zero-order chi connectivity index (χ0) is 11.5. The molecule has 0 aromatic heterocycles. The zero-order valence-corrected chi connectivity index (χ0v) is 10.5. The van der Waals surface area contributed by atoms with Gasteiger partial charge in [0.1, 0.15) is 0 Å². The minimum Gasteiger partial charge on any atom is -0.313 e. The molecule has 1 N–H and O–H groups in total. The molecule has 0 amide bonds. The molecular weight excluding hydrogens is 214 g/mol. The lowest BCUT2D eigenvalue weighted by Gasteiger charge is -2.36. The molecule has 0 atom stereocenters. The quantitative estimate of drug-likeness (QED) is 0.653. The van der Waals surface area contributed by atoms with E-state index in [9.17, 15) is 8.42 Å². The van der Waals surface area contributed by atoms with Gasteiger partial charge in [-0.05, 0) is 27.1 Å². The van der Waals surface area contributed by atoms with Crippen molar-refractivity contribution in [2.24, 2.45) is 0 Å². The summed E-state index contributed by atoms with van der Waals surface area (Å²) in [6.07, 6.45) is 2.18. The highest BCUT2D eigenvalue weighted by Gasteiger charge is 2.30. The molecule has 6 heteroatoms. The molecule has 15 heavy (non-hydrogen) atoms. The van der Waals surface area contributed by atoms with Gasteiger partial charge in [0.05, 0.1) is 6.26 Å². The first kappa shape index (κ1) is 12.9. The van der Waals surface area contributed by atoms with Crippen LogP contribution in [0.2, 0.25) is 0 Å². The van der Waals surface area contributed by atoms with Gasteiger partial charge >= 0.3 is 0 Å². The molecule has 0 saturated carbocycles. The summed E-state index contributed by atoms with van der Waals surface area (Å²) in [7, 11) is 0.943. The normalized spacial score (nSPS) is 18.5. The Hall–Kier alpha value is -0.170. The first-order chi connectivity index (χ1) is 6.91. The van der Waals surface area contributed by atoms with Gasteiger partial charge in [-0.15, -0.1) is 0 Å². The molecular formula is C9H21N3O2S. The van der Waals surface area contributed by atoms with Gasteiger partial charge in [-0.1, -0.05) is 0 Å². The second kappa shape index (κ2) is 5.25. The van der Waals surface area contributed by atoms with Crippen LogP contribution >= 0.6 is 0 Å². The van der Waals surface area contributed by atoms with Crippen LogP contribution in [0, 0.1) is 0 Å². The number of nitrogens with one attached hydrogen (secondary N) is 1. The van der Waals surface area contributed by atoms with Crippen molar-refractivity contribution < 1.29 is 8.42 Å². The summed E-state index contributed by atoms with van der Waals surface area (Å²) in [6.45, 7) is 3.12. The SMILES string of the molecule is CN(C)CCCN(C1CNC1)S(C)(=O)=O. The summed E-state index contributed by atoms with van der Waals surface area (Å²) in [5, 5.41) is 3.10. The van der Waals surface area contributed by atoms with Crippen LogP contribution in [0.4, 0.5) is 0 Å². The molecule has 5 nitrogen and oxygen atoms in total. The minimum absolute atomic E-state index is 0.169. The maximum Gasteiger partial charge on any atom is 0.211 e. The van der Waals surface area contributed by atoms with E-state index in [1.807, 2.05) is 14.1 Å². The van der Waals surface area contributed by atoms with Gasteiger partial charge in [0, 0.05) is 25.7 Å². The first-order valence-electron chi connectivity index (χ1n) is 5.23. The fourth-order valence-electron chi connectivity index (χ4n) is 1.64. The van der Waals surface area contributed by atoms with E-state index in [4.69, 9.17) is 0 Å². The number of nitrogens with zero attached hydrogens (tertiary/aromatic N) is 2. The molecule has 0 aliphatic carbocycles. The number of rotatable bonds is 6. The summed E-state index contributed by atoms with van der Waals surface area (Å²) in [4.78, 5) is 2.07. The molecule has 1 saturated heterocycles. The van der Waals surface area contributed by atoms with E-state index in [0.29, 0.717) is 6.54 Å². The van der Waals surface area contributed by atoms with E-state index in [0.717, 1.165) is 26.1 Å². The number of hydrogen-bond acceptors (Lipinski definition) is 4. The third kappa shape index (κ3) is 4.06. The van der Waals surface area contributed by atoms with Crippen molar-refractivity contribution in [1.29, 1.82) is 0 Å². The second-order valence-electron chi connectivity index (χ2n) is 4.34. The Morgan fingerprint density at radius 2 is 1.87 bits per heavy atom. The number of sulfonamides is 1. The summed E-state index contributed by atoms with van der Waals surface area (Å²) in [6, 6.07) is 0.169. The molecule has 1 aliphatic heterocycles. The molecule has 0 radical (unpaired) electrons. The van der Waals surface area contributed by atoms with Gasteiger partial charge in [0.15, 0.2) is 0 Å². The molecule has 0 bridgehead atoms.